The maximum absolute atomic E-state index is 14.0. The van der Waals surface area contributed by atoms with Crippen LogP contribution in [-0.2, 0) is 27.5 Å². The Kier molecular flexibility index (Phi) is 8.57. The van der Waals surface area contributed by atoms with Crippen molar-refractivity contribution in [1.29, 1.82) is 0 Å². The number of benzene rings is 2. The largest absolute Gasteiger partial charge is 0.417 e. The third-order valence-electron chi connectivity index (χ3n) is 5.88. The third kappa shape index (κ3) is 6.61. The van der Waals surface area contributed by atoms with Crippen molar-refractivity contribution >= 4 is 24.0 Å². The molecule has 0 saturated heterocycles. The number of nitrogens with zero attached hydrogens (tertiary/aromatic N) is 2. The second-order valence-corrected chi connectivity index (χ2v) is 17.4. The molecule has 1 aromatic heterocycles. The van der Waals surface area contributed by atoms with Crippen LogP contribution in [0, 0.1) is 13.8 Å². The van der Waals surface area contributed by atoms with Crippen molar-refractivity contribution in [1.82, 2.24) is 5.16 Å². The molecule has 1 N–H and O–H groups in total. The summed E-state index contributed by atoms with van der Waals surface area (Å²) in [6.07, 6.45) is -4.78. The van der Waals surface area contributed by atoms with E-state index in [1.165, 1.54) is 36.4 Å². The lowest BCUT2D eigenvalue weighted by Crippen LogP contribution is -2.34. The molecule has 2 aromatic carbocycles. The van der Waals surface area contributed by atoms with Gasteiger partial charge in [-0.1, -0.05) is 55.1 Å². The van der Waals surface area contributed by atoms with E-state index < -0.39 is 43.2 Å². The van der Waals surface area contributed by atoms with Gasteiger partial charge in [0.1, 0.15) is 6.73 Å². The summed E-state index contributed by atoms with van der Waals surface area (Å²) >= 11 is 0. The van der Waals surface area contributed by atoms with Crippen LogP contribution in [0.25, 0.3) is 11.1 Å². The number of aliphatic hydroxyl groups excluding tert-OH is 1. The normalized spacial score (nSPS) is 12.7. The van der Waals surface area contributed by atoms with E-state index in [9.17, 15) is 26.7 Å². The summed E-state index contributed by atoms with van der Waals surface area (Å²) in [5.41, 5.74) is -0.509. The first-order chi connectivity index (χ1) is 17.2. The number of aromatic nitrogens is 1. The zero-order valence-electron chi connectivity index (χ0n) is 21.4. The van der Waals surface area contributed by atoms with Crippen molar-refractivity contribution < 1.29 is 36.0 Å². The smallest absolute Gasteiger partial charge is 0.392 e. The molecule has 37 heavy (non-hydrogen) atoms. The second kappa shape index (κ2) is 11.0. The van der Waals surface area contributed by atoms with E-state index in [4.69, 9.17) is 9.26 Å². The predicted octanol–water partition coefficient (Wildman–Crippen LogP) is 5.98. The molecule has 3 rings (SSSR count). The second-order valence-electron chi connectivity index (χ2n) is 9.93. The first kappa shape index (κ1) is 28.9. The molecule has 0 saturated carbocycles. The Hall–Kier alpha value is -2.67. The minimum Gasteiger partial charge on any atom is -0.392 e. The summed E-state index contributed by atoms with van der Waals surface area (Å²) in [4.78, 5) is -0.348. The molecule has 7 nitrogen and oxygen atoms in total. The van der Waals surface area contributed by atoms with Gasteiger partial charge in [-0.25, -0.2) is 12.7 Å². The van der Waals surface area contributed by atoms with Gasteiger partial charge in [0.2, 0.25) is 5.88 Å². The van der Waals surface area contributed by atoms with E-state index in [1.54, 1.807) is 13.8 Å². The fraction of sp³-hybridized carbons (Fsp3) is 0.400. The van der Waals surface area contributed by atoms with Gasteiger partial charge >= 0.3 is 6.18 Å². The average Bonchev–Trinajstić information content (AvgIpc) is 3.15. The molecule has 12 heteroatoms. The molecule has 0 unspecified atom stereocenters. The highest BCUT2D eigenvalue weighted by Gasteiger charge is 2.37. The van der Waals surface area contributed by atoms with Crippen molar-refractivity contribution in [2.45, 2.75) is 57.2 Å². The molecule has 0 bridgehead atoms. The lowest BCUT2D eigenvalue weighted by molar-refractivity contribution is -0.137. The molecule has 0 atom stereocenters. The van der Waals surface area contributed by atoms with Gasteiger partial charge in [0, 0.05) is 25.8 Å². The van der Waals surface area contributed by atoms with Crippen LogP contribution in [-0.4, -0.2) is 40.1 Å². The Balaban J connectivity index is 2.14. The van der Waals surface area contributed by atoms with E-state index in [-0.39, 0.29) is 27.5 Å². The van der Waals surface area contributed by atoms with Crippen LogP contribution in [0.15, 0.2) is 51.9 Å². The maximum atomic E-state index is 14.0. The minimum atomic E-state index is -4.78. The molecule has 3 aromatic rings. The van der Waals surface area contributed by atoms with Crippen LogP contribution < -0.4 is 4.31 Å². The molecular formula is C25H31F3N2O5SSi. The van der Waals surface area contributed by atoms with Gasteiger partial charge in [-0.3, -0.25) is 0 Å². The highest BCUT2D eigenvalue weighted by Crippen LogP contribution is 2.41. The number of aryl methyl sites for hydroxylation is 1. The monoisotopic (exact) mass is 556 g/mol. The fourth-order valence-electron chi connectivity index (χ4n) is 3.59. The summed E-state index contributed by atoms with van der Waals surface area (Å²) < 4.78 is 81.9. The van der Waals surface area contributed by atoms with Crippen LogP contribution >= 0.6 is 0 Å². The molecule has 1 heterocycles. The summed E-state index contributed by atoms with van der Waals surface area (Å²) in [6.45, 7) is 9.11. The number of alkyl halides is 3. The fourth-order valence-corrected chi connectivity index (χ4v) is 5.89. The number of ether oxygens (including phenoxy) is 1. The predicted molar refractivity (Wildman–Crippen MR) is 137 cm³/mol. The van der Waals surface area contributed by atoms with E-state index in [0.29, 0.717) is 17.9 Å². The standard InChI is InChI=1S/C25H31F3N2O5SSi/c1-17-18(2)29-35-24(17)30(16-34-12-13-37(3,4)5)36(32,33)23-9-7-6-8-21(23)20-11-10-19(15-31)14-22(20)25(26,27)28/h6-11,14,31H,12-13,15-16H2,1-5H3. The van der Waals surface area contributed by atoms with E-state index >= 15 is 0 Å². The van der Waals surface area contributed by atoms with E-state index in [2.05, 4.69) is 24.8 Å². The first-order valence-electron chi connectivity index (χ1n) is 11.6. The lowest BCUT2D eigenvalue weighted by Gasteiger charge is -2.25. The molecule has 0 fully saturated rings. The van der Waals surface area contributed by atoms with Gasteiger partial charge in [-0.15, -0.1) is 0 Å². The lowest BCUT2D eigenvalue weighted by atomic mass is 9.97. The zero-order chi connectivity index (χ0) is 27.6. The maximum Gasteiger partial charge on any atom is 0.417 e. The van der Waals surface area contributed by atoms with Gasteiger partial charge in [0.05, 0.1) is 22.8 Å². The Morgan fingerprint density at radius 3 is 2.32 bits per heavy atom. The van der Waals surface area contributed by atoms with Gasteiger partial charge in [0.15, 0.2) is 0 Å². The molecular weight excluding hydrogens is 525 g/mol. The Labute approximate surface area is 215 Å². The zero-order valence-corrected chi connectivity index (χ0v) is 23.2. The number of hydrogen-bond donors (Lipinski definition) is 1. The van der Waals surface area contributed by atoms with Crippen molar-refractivity contribution in [3.63, 3.8) is 0 Å². The molecule has 0 radical (unpaired) electrons. The quantitative estimate of drug-likeness (QED) is 0.188. The topological polar surface area (TPSA) is 92.9 Å². The molecule has 202 valence electrons. The molecule has 0 spiro atoms. The van der Waals surface area contributed by atoms with Crippen LogP contribution in [0.1, 0.15) is 22.4 Å². The third-order valence-corrected chi connectivity index (χ3v) is 9.35. The Morgan fingerprint density at radius 2 is 1.76 bits per heavy atom. The average molecular weight is 557 g/mol. The minimum absolute atomic E-state index is 0.0570. The van der Waals surface area contributed by atoms with Crippen molar-refractivity contribution in [3.8, 4) is 11.1 Å². The SMILES string of the molecule is Cc1noc(N(COCC[Si](C)(C)C)S(=O)(=O)c2ccccc2-c2ccc(CO)cc2C(F)(F)F)c1C. The van der Waals surface area contributed by atoms with Crippen molar-refractivity contribution in [2.75, 3.05) is 17.6 Å². The van der Waals surface area contributed by atoms with Crippen LogP contribution in [0.4, 0.5) is 19.1 Å². The number of anilines is 1. The number of hydrogen-bond acceptors (Lipinski definition) is 6. The van der Waals surface area contributed by atoms with E-state index in [0.717, 1.165) is 16.4 Å². The van der Waals surface area contributed by atoms with Crippen LogP contribution in [0.2, 0.25) is 25.7 Å². The molecule has 0 amide bonds. The Morgan fingerprint density at radius 1 is 1.08 bits per heavy atom. The highest BCUT2D eigenvalue weighted by molar-refractivity contribution is 7.93. The van der Waals surface area contributed by atoms with Gasteiger partial charge in [-0.05, 0) is 43.2 Å². The van der Waals surface area contributed by atoms with E-state index in [1.807, 2.05) is 0 Å². The number of rotatable bonds is 10. The number of halogens is 3. The van der Waals surface area contributed by atoms with Crippen molar-refractivity contribution in [3.05, 3.63) is 64.8 Å². The Bertz CT molecular complexity index is 1350. The summed E-state index contributed by atoms with van der Waals surface area (Å²) in [7, 11) is -5.93. The number of aliphatic hydroxyl groups is 1. The first-order valence-corrected chi connectivity index (χ1v) is 16.8. The summed E-state index contributed by atoms with van der Waals surface area (Å²) in [5, 5.41) is 13.2. The summed E-state index contributed by atoms with van der Waals surface area (Å²) in [5.74, 6) is -0.0630. The van der Waals surface area contributed by atoms with Gasteiger partial charge in [-0.2, -0.15) is 13.2 Å². The van der Waals surface area contributed by atoms with Gasteiger partial charge in [0.25, 0.3) is 10.0 Å². The summed E-state index contributed by atoms with van der Waals surface area (Å²) in [6, 6.07) is 9.58. The molecule has 0 aliphatic carbocycles. The van der Waals surface area contributed by atoms with Gasteiger partial charge < -0.3 is 14.4 Å². The van der Waals surface area contributed by atoms with Crippen LogP contribution in [0.5, 0.6) is 0 Å². The number of sulfonamides is 1. The van der Waals surface area contributed by atoms with Crippen LogP contribution in [0.3, 0.4) is 0 Å². The molecule has 0 aliphatic rings. The molecule has 0 aliphatic heterocycles. The highest BCUT2D eigenvalue weighted by atomic mass is 32.2. The van der Waals surface area contributed by atoms with Crippen molar-refractivity contribution in [2.24, 2.45) is 0 Å².